The Morgan fingerprint density at radius 2 is 2.00 bits per heavy atom. The summed E-state index contributed by atoms with van der Waals surface area (Å²) in [6.07, 6.45) is 1.71. The summed E-state index contributed by atoms with van der Waals surface area (Å²) in [4.78, 5) is 14.8. The van der Waals surface area contributed by atoms with E-state index in [-0.39, 0.29) is 28.0 Å². The summed E-state index contributed by atoms with van der Waals surface area (Å²) in [6.45, 7) is 5.70. The molecule has 1 aromatic rings. The number of nitrogens with zero attached hydrogens (tertiary/aromatic N) is 1. The van der Waals surface area contributed by atoms with Gasteiger partial charge >= 0.3 is 0 Å². The summed E-state index contributed by atoms with van der Waals surface area (Å²) < 4.78 is 22.8. The number of hydrogen-bond acceptors (Lipinski definition) is 6. The highest BCUT2D eigenvalue weighted by molar-refractivity contribution is 7.89. The van der Waals surface area contributed by atoms with E-state index in [1.165, 1.54) is 12.1 Å². The van der Waals surface area contributed by atoms with Crippen molar-refractivity contribution in [2.75, 3.05) is 13.1 Å². The molecule has 1 fully saturated rings. The van der Waals surface area contributed by atoms with E-state index in [1.807, 2.05) is 13.8 Å². The predicted molar refractivity (Wildman–Crippen MR) is 110 cm³/mol. The van der Waals surface area contributed by atoms with Gasteiger partial charge in [0.05, 0.1) is 10.9 Å². The van der Waals surface area contributed by atoms with Crippen LogP contribution in [0.4, 0.5) is 0 Å². The first-order valence-corrected chi connectivity index (χ1v) is 11.3. The third kappa shape index (κ3) is 6.18. The third-order valence-corrected chi connectivity index (χ3v) is 6.44. The Bertz CT molecular complexity index is 739. The molecule has 3 unspecified atom stereocenters. The van der Waals surface area contributed by atoms with Gasteiger partial charge in [-0.1, -0.05) is 32.4 Å². The minimum absolute atomic E-state index is 0.0517. The summed E-state index contributed by atoms with van der Waals surface area (Å²) in [5.41, 5.74) is 7.01. The Morgan fingerprint density at radius 3 is 2.48 bits per heavy atom. The quantitative estimate of drug-likeness (QED) is 0.467. The van der Waals surface area contributed by atoms with Crippen LogP contribution in [-0.2, 0) is 21.4 Å². The average Bonchev–Trinajstić information content (AvgIpc) is 3.03. The number of benzene rings is 1. The molecular weight excluding hydrogens is 384 g/mol. The highest BCUT2D eigenvalue weighted by Gasteiger charge is 2.29. The van der Waals surface area contributed by atoms with Crippen LogP contribution in [0.5, 0.6) is 0 Å². The molecule has 1 aliphatic heterocycles. The van der Waals surface area contributed by atoms with Gasteiger partial charge in [-0.15, -0.1) is 0 Å². The first kappa shape index (κ1) is 22.2. The molecule has 7 nitrogen and oxygen atoms in total. The lowest BCUT2D eigenvalue weighted by atomic mass is 9.98. The van der Waals surface area contributed by atoms with E-state index >= 15 is 0 Å². The molecule has 0 aliphatic carbocycles. The number of nitrogens with one attached hydrogen (secondary N) is 1. The molecule has 0 saturated carbocycles. The summed E-state index contributed by atoms with van der Waals surface area (Å²) in [5.74, 6) is -0.0109. The van der Waals surface area contributed by atoms with Crippen LogP contribution in [0.25, 0.3) is 0 Å². The van der Waals surface area contributed by atoms with E-state index in [2.05, 4.69) is 17.9 Å². The van der Waals surface area contributed by atoms with Crippen molar-refractivity contribution in [2.24, 2.45) is 16.8 Å². The van der Waals surface area contributed by atoms with Crippen molar-refractivity contribution < 1.29 is 13.2 Å². The molecular formula is C18H30N4O3S2. The summed E-state index contributed by atoms with van der Waals surface area (Å²) in [5, 5.41) is 8.81. The second kappa shape index (κ2) is 9.38. The normalized spacial score (nSPS) is 22.4. The van der Waals surface area contributed by atoms with Crippen molar-refractivity contribution in [1.82, 2.24) is 10.2 Å². The molecule has 0 aromatic heterocycles. The number of carbonyl (C=O) groups is 1. The van der Waals surface area contributed by atoms with E-state index in [9.17, 15) is 13.2 Å². The predicted octanol–water partition coefficient (Wildman–Crippen LogP) is 0.696. The van der Waals surface area contributed by atoms with E-state index in [1.54, 1.807) is 17.0 Å². The van der Waals surface area contributed by atoms with Gasteiger partial charge in [0.15, 0.2) is 0 Å². The molecule has 5 N–H and O–H groups in total. The summed E-state index contributed by atoms with van der Waals surface area (Å²) >= 11 is 4.49. The molecule has 0 bridgehead atoms. The fraction of sp³-hybridized carbons (Fsp3) is 0.611. The zero-order chi connectivity index (χ0) is 20.2. The maximum absolute atomic E-state index is 13.0. The van der Waals surface area contributed by atoms with Gasteiger partial charge in [0.2, 0.25) is 15.9 Å². The molecule has 1 aliphatic rings. The first-order chi connectivity index (χ1) is 12.6. The molecule has 27 heavy (non-hydrogen) atoms. The van der Waals surface area contributed by atoms with Crippen molar-refractivity contribution >= 4 is 28.6 Å². The van der Waals surface area contributed by atoms with Crippen molar-refractivity contribution in [1.29, 1.82) is 0 Å². The molecule has 4 atom stereocenters. The number of hydrogen-bond donors (Lipinski definition) is 4. The Kier molecular flexibility index (Phi) is 7.70. The number of rotatable bonds is 8. The van der Waals surface area contributed by atoms with E-state index in [4.69, 9.17) is 10.9 Å². The molecule has 1 saturated heterocycles. The van der Waals surface area contributed by atoms with Crippen LogP contribution in [-0.4, -0.2) is 49.6 Å². The first-order valence-electron chi connectivity index (χ1n) is 9.19. The van der Waals surface area contributed by atoms with Gasteiger partial charge < -0.3 is 16.0 Å². The number of amides is 1. The van der Waals surface area contributed by atoms with Crippen LogP contribution in [0, 0.1) is 5.92 Å². The van der Waals surface area contributed by atoms with Crippen LogP contribution in [0.15, 0.2) is 29.2 Å². The van der Waals surface area contributed by atoms with Gasteiger partial charge in [-0.3, -0.25) is 4.79 Å². The molecule has 1 amide bonds. The van der Waals surface area contributed by atoms with Crippen molar-refractivity contribution in [3.63, 3.8) is 0 Å². The molecule has 152 valence electrons. The molecule has 0 spiro atoms. The second-order valence-electron chi connectivity index (χ2n) is 7.31. The van der Waals surface area contributed by atoms with Crippen molar-refractivity contribution in [3.05, 3.63) is 29.8 Å². The van der Waals surface area contributed by atoms with Gasteiger partial charge in [0.25, 0.3) is 0 Å². The molecule has 1 aromatic carbocycles. The van der Waals surface area contributed by atoms with Gasteiger partial charge in [-0.2, -0.15) is 12.6 Å². The Labute approximate surface area is 167 Å². The van der Waals surface area contributed by atoms with Gasteiger partial charge in [0.1, 0.15) is 0 Å². The zero-order valence-electron chi connectivity index (χ0n) is 15.8. The lowest BCUT2D eigenvalue weighted by Gasteiger charge is -2.30. The van der Waals surface area contributed by atoms with Gasteiger partial charge in [-0.05, 0) is 30.0 Å². The molecule has 0 radical (unpaired) electrons. The van der Waals surface area contributed by atoms with Crippen LogP contribution in [0.2, 0.25) is 0 Å². The fourth-order valence-corrected chi connectivity index (χ4v) is 4.02. The number of thiol groups is 1. The largest absolute Gasteiger partial charge is 0.335 e. The average molecular weight is 415 g/mol. The number of carbonyl (C=O) groups excluding carboxylic acids is 1. The van der Waals surface area contributed by atoms with E-state index in [0.717, 1.165) is 24.9 Å². The zero-order valence-corrected chi connectivity index (χ0v) is 17.5. The topological polar surface area (TPSA) is 119 Å². The van der Waals surface area contributed by atoms with Crippen LogP contribution >= 0.6 is 12.6 Å². The van der Waals surface area contributed by atoms with Crippen LogP contribution in [0.1, 0.15) is 32.3 Å². The Balaban J connectivity index is 2.17. The fourth-order valence-electron chi connectivity index (χ4n) is 3.15. The lowest BCUT2D eigenvalue weighted by Crippen LogP contribution is -2.50. The van der Waals surface area contributed by atoms with Gasteiger partial charge in [-0.25, -0.2) is 13.6 Å². The highest BCUT2D eigenvalue weighted by atomic mass is 32.2. The standard InChI is InChI=1S/C18H30N4O3S2/c1-3-12(2)17(19)18(23)22(11-14-8-15(26)9-21-14)10-13-4-6-16(7-5-13)27(20,24)25/h4-7,12,14-15,17,21,26H,3,8-11,19H2,1-2H3,(H2,20,24,25)/t12?,14?,15?,17-/m0/s1. The van der Waals surface area contributed by atoms with Crippen LogP contribution < -0.4 is 16.2 Å². The molecule has 1 heterocycles. The van der Waals surface area contributed by atoms with Crippen molar-refractivity contribution in [2.45, 2.75) is 55.5 Å². The molecule has 2 rings (SSSR count). The number of sulfonamides is 1. The number of nitrogens with two attached hydrogens (primary N) is 2. The highest BCUT2D eigenvalue weighted by Crippen LogP contribution is 2.18. The number of primary sulfonamides is 1. The monoisotopic (exact) mass is 414 g/mol. The molecule has 9 heteroatoms. The van der Waals surface area contributed by atoms with Crippen molar-refractivity contribution in [3.8, 4) is 0 Å². The maximum atomic E-state index is 13.0. The van der Waals surface area contributed by atoms with E-state index in [0.29, 0.717) is 13.1 Å². The second-order valence-corrected chi connectivity index (χ2v) is 9.61. The SMILES string of the molecule is CCC(C)[C@H](N)C(=O)N(Cc1ccc(S(N)(=O)=O)cc1)CC1CC(S)CN1. The summed E-state index contributed by atoms with van der Waals surface area (Å²) in [6, 6.07) is 5.88. The smallest absolute Gasteiger partial charge is 0.240 e. The van der Waals surface area contributed by atoms with E-state index < -0.39 is 16.1 Å². The Hall–Kier alpha value is -1.13. The summed E-state index contributed by atoms with van der Waals surface area (Å²) in [7, 11) is -3.74. The van der Waals surface area contributed by atoms with Gasteiger partial charge in [0, 0.05) is 30.9 Å². The Morgan fingerprint density at radius 1 is 1.37 bits per heavy atom. The third-order valence-electron chi connectivity index (χ3n) is 5.12. The lowest BCUT2D eigenvalue weighted by molar-refractivity contribution is -0.134. The minimum Gasteiger partial charge on any atom is -0.335 e. The minimum atomic E-state index is -3.74. The van der Waals surface area contributed by atoms with Crippen LogP contribution in [0.3, 0.4) is 0 Å². The maximum Gasteiger partial charge on any atom is 0.240 e.